The Balaban J connectivity index is 2.12. The third-order valence-corrected chi connectivity index (χ3v) is 5.03. The molecule has 140 valence electrons. The number of hydrogen-bond acceptors (Lipinski definition) is 5. The van der Waals surface area contributed by atoms with Crippen molar-refractivity contribution in [3.63, 3.8) is 0 Å². The Morgan fingerprint density at radius 3 is 2.74 bits per heavy atom. The Kier molecular flexibility index (Phi) is 5.93. The highest BCUT2D eigenvalue weighted by Crippen LogP contribution is 2.23. The molecule has 0 aliphatic rings. The average Bonchev–Trinajstić information content (AvgIpc) is 2.98. The number of fused-ring (bicyclic) bond motifs is 1. The van der Waals surface area contributed by atoms with E-state index in [1.165, 1.54) is 18.4 Å². The molecule has 0 bridgehead atoms. The van der Waals surface area contributed by atoms with E-state index in [2.05, 4.69) is 4.99 Å². The zero-order valence-electron chi connectivity index (χ0n) is 14.8. The van der Waals surface area contributed by atoms with Crippen LogP contribution in [-0.4, -0.2) is 30.2 Å². The minimum atomic E-state index is -0.437. The predicted molar refractivity (Wildman–Crippen MR) is 104 cm³/mol. The number of amides is 1. The maximum absolute atomic E-state index is 12.5. The van der Waals surface area contributed by atoms with E-state index in [1.54, 1.807) is 28.8 Å². The quantitative estimate of drug-likeness (QED) is 0.608. The van der Waals surface area contributed by atoms with Crippen LogP contribution in [0.2, 0.25) is 5.02 Å². The van der Waals surface area contributed by atoms with Gasteiger partial charge in [0, 0.05) is 10.6 Å². The van der Waals surface area contributed by atoms with Gasteiger partial charge in [0.05, 0.1) is 23.9 Å². The fraction of sp³-hybridized carbons (Fsp3) is 0.211. The molecule has 0 aliphatic heterocycles. The van der Waals surface area contributed by atoms with Crippen molar-refractivity contribution < 1.29 is 19.1 Å². The lowest BCUT2D eigenvalue weighted by atomic mass is 10.2. The summed E-state index contributed by atoms with van der Waals surface area (Å²) in [5.41, 5.74) is 1.14. The first-order valence-electron chi connectivity index (χ1n) is 8.19. The molecule has 1 amide bonds. The summed E-state index contributed by atoms with van der Waals surface area (Å²) in [6.45, 7) is 2.40. The molecule has 6 nitrogen and oxygen atoms in total. The first kappa shape index (κ1) is 19.1. The van der Waals surface area contributed by atoms with Crippen molar-refractivity contribution in [2.24, 2.45) is 4.99 Å². The number of hydrogen-bond donors (Lipinski definition) is 0. The van der Waals surface area contributed by atoms with Crippen LogP contribution in [0.15, 0.2) is 47.5 Å². The number of thiazole rings is 1. The van der Waals surface area contributed by atoms with Crippen LogP contribution in [0.3, 0.4) is 0 Å². The van der Waals surface area contributed by atoms with E-state index in [9.17, 15) is 9.59 Å². The summed E-state index contributed by atoms with van der Waals surface area (Å²) in [6.07, 6.45) is 0. The zero-order chi connectivity index (χ0) is 19.4. The molecule has 0 fully saturated rings. The minimum absolute atomic E-state index is 0.0495. The fourth-order valence-electron chi connectivity index (χ4n) is 2.51. The first-order valence-corrected chi connectivity index (χ1v) is 9.39. The van der Waals surface area contributed by atoms with Crippen molar-refractivity contribution in [2.45, 2.75) is 13.5 Å². The molecule has 3 aromatic rings. The number of rotatable bonds is 5. The Bertz CT molecular complexity index is 1070. The average molecular weight is 405 g/mol. The van der Waals surface area contributed by atoms with E-state index >= 15 is 0 Å². The standard InChI is InChI=1S/C19H17ClN2O4S/c1-3-26-14-7-8-15-16(10-14)27-19(22(15)11-17(23)25-2)21-18(24)12-5-4-6-13(20)9-12/h4-10H,3,11H2,1-2H3. The molecule has 8 heteroatoms. The highest BCUT2D eigenvalue weighted by atomic mass is 35.5. The van der Waals surface area contributed by atoms with Gasteiger partial charge in [-0.15, -0.1) is 0 Å². The molecular formula is C19H17ClN2O4S. The number of benzene rings is 2. The molecule has 0 aliphatic carbocycles. The molecular weight excluding hydrogens is 388 g/mol. The molecule has 1 aromatic heterocycles. The summed E-state index contributed by atoms with van der Waals surface area (Å²) in [4.78, 5) is 29.0. The summed E-state index contributed by atoms with van der Waals surface area (Å²) in [5, 5.41) is 0.455. The van der Waals surface area contributed by atoms with Crippen molar-refractivity contribution in [3.8, 4) is 5.75 Å². The molecule has 0 saturated carbocycles. The summed E-state index contributed by atoms with van der Waals surface area (Å²) >= 11 is 7.25. The number of aromatic nitrogens is 1. The van der Waals surface area contributed by atoms with E-state index in [1.807, 2.05) is 25.1 Å². The lowest BCUT2D eigenvalue weighted by molar-refractivity contribution is -0.141. The van der Waals surface area contributed by atoms with Gasteiger partial charge in [0.1, 0.15) is 12.3 Å². The van der Waals surface area contributed by atoms with Gasteiger partial charge in [-0.3, -0.25) is 9.59 Å². The van der Waals surface area contributed by atoms with Crippen LogP contribution in [-0.2, 0) is 16.1 Å². The van der Waals surface area contributed by atoms with E-state index < -0.39 is 11.9 Å². The number of nitrogens with zero attached hydrogens (tertiary/aromatic N) is 2. The number of halogens is 1. The highest BCUT2D eigenvalue weighted by molar-refractivity contribution is 7.16. The lowest BCUT2D eigenvalue weighted by Gasteiger charge is -2.05. The monoisotopic (exact) mass is 404 g/mol. The summed E-state index contributed by atoms with van der Waals surface area (Å²) in [6, 6.07) is 12.1. The normalized spacial score (nSPS) is 11.6. The van der Waals surface area contributed by atoms with Gasteiger partial charge in [-0.2, -0.15) is 4.99 Å². The number of methoxy groups -OCH3 is 1. The Morgan fingerprint density at radius 1 is 1.22 bits per heavy atom. The van der Waals surface area contributed by atoms with Crippen molar-refractivity contribution in [1.82, 2.24) is 4.57 Å². The number of carbonyl (C=O) groups excluding carboxylic acids is 2. The van der Waals surface area contributed by atoms with Crippen LogP contribution in [0.25, 0.3) is 10.2 Å². The second-order valence-electron chi connectivity index (χ2n) is 5.54. The second-order valence-corrected chi connectivity index (χ2v) is 6.98. The van der Waals surface area contributed by atoms with Gasteiger partial charge in [0.25, 0.3) is 5.91 Å². The van der Waals surface area contributed by atoms with Crippen molar-refractivity contribution >= 4 is 45.0 Å². The maximum Gasteiger partial charge on any atom is 0.325 e. The number of carbonyl (C=O) groups is 2. The highest BCUT2D eigenvalue weighted by Gasteiger charge is 2.13. The van der Waals surface area contributed by atoms with Gasteiger partial charge in [0.2, 0.25) is 0 Å². The van der Waals surface area contributed by atoms with Gasteiger partial charge >= 0.3 is 5.97 Å². The Morgan fingerprint density at radius 2 is 2.04 bits per heavy atom. The van der Waals surface area contributed by atoms with Crippen LogP contribution in [0.4, 0.5) is 0 Å². The van der Waals surface area contributed by atoms with Crippen LogP contribution in [0.1, 0.15) is 17.3 Å². The first-order chi connectivity index (χ1) is 13.0. The summed E-state index contributed by atoms with van der Waals surface area (Å²) < 4.78 is 12.8. The molecule has 27 heavy (non-hydrogen) atoms. The molecule has 0 saturated heterocycles. The van der Waals surface area contributed by atoms with E-state index in [0.717, 1.165) is 10.2 Å². The van der Waals surface area contributed by atoms with Crippen LogP contribution >= 0.6 is 22.9 Å². The largest absolute Gasteiger partial charge is 0.494 e. The smallest absolute Gasteiger partial charge is 0.325 e. The maximum atomic E-state index is 12.5. The van der Waals surface area contributed by atoms with Gasteiger partial charge in [-0.05, 0) is 43.3 Å². The van der Waals surface area contributed by atoms with Gasteiger partial charge < -0.3 is 14.0 Å². The predicted octanol–water partition coefficient (Wildman–Crippen LogP) is 3.67. The molecule has 0 radical (unpaired) electrons. The molecule has 2 aromatic carbocycles. The minimum Gasteiger partial charge on any atom is -0.494 e. The van der Waals surface area contributed by atoms with Crippen molar-refractivity contribution in [1.29, 1.82) is 0 Å². The van der Waals surface area contributed by atoms with Crippen LogP contribution in [0.5, 0.6) is 5.75 Å². The SMILES string of the molecule is CCOc1ccc2c(c1)sc(=NC(=O)c1cccc(Cl)c1)n2CC(=O)OC. The van der Waals surface area contributed by atoms with Crippen molar-refractivity contribution in [2.75, 3.05) is 13.7 Å². The zero-order valence-corrected chi connectivity index (χ0v) is 16.3. The Hall–Kier alpha value is -2.64. The fourth-order valence-corrected chi connectivity index (χ4v) is 3.76. The number of esters is 1. The third kappa shape index (κ3) is 4.37. The van der Waals surface area contributed by atoms with E-state index in [0.29, 0.717) is 27.7 Å². The van der Waals surface area contributed by atoms with Crippen LogP contribution < -0.4 is 9.54 Å². The molecule has 0 N–H and O–H groups in total. The molecule has 1 heterocycles. The molecule has 0 spiro atoms. The second kappa shape index (κ2) is 8.37. The summed E-state index contributed by atoms with van der Waals surface area (Å²) in [7, 11) is 1.32. The van der Waals surface area contributed by atoms with Gasteiger partial charge in [0.15, 0.2) is 4.80 Å². The van der Waals surface area contributed by atoms with Gasteiger partial charge in [-0.1, -0.05) is 29.0 Å². The lowest BCUT2D eigenvalue weighted by Crippen LogP contribution is -2.22. The van der Waals surface area contributed by atoms with Gasteiger partial charge in [-0.25, -0.2) is 0 Å². The van der Waals surface area contributed by atoms with E-state index in [-0.39, 0.29) is 6.54 Å². The van der Waals surface area contributed by atoms with E-state index in [4.69, 9.17) is 21.1 Å². The molecule has 3 rings (SSSR count). The molecule has 0 unspecified atom stereocenters. The number of ether oxygens (including phenoxy) is 2. The van der Waals surface area contributed by atoms with Crippen molar-refractivity contribution in [3.05, 3.63) is 57.9 Å². The summed E-state index contributed by atoms with van der Waals surface area (Å²) in [5.74, 6) is -0.155. The molecule has 0 atom stereocenters. The topological polar surface area (TPSA) is 69.9 Å². The van der Waals surface area contributed by atoms with Crippen LogP contribution in [0, 0.1) is 0 Å². The third-order valence-electron chi connectivity index (χ3n) is 3.75. The Labute approximate surface area is 164 Å².